The minimum Gasteiger partial charge on any atom is -0.481 e. The van der Waals surface area contributed by atoms with Crippen LogP contribution in [0.3, 0.4) is 0 Å². The van der Waals surface area contributed by atoms with E-state index in [1.54, 1.807) is 0 Å². The molecule has 0 aromatic heterocycles. The molecule has 1 unspecified atom stereocenters. The van der Waals surface area contributed by atoms with Crippen molar-refractivity contribution in [2.45, 2.75) is 6.92 Å². The van der Waals surface area contributed by atoms with Gasteiger partial charge in [-0.3, -0.25) is 19.3 Å². The highest BCUT2D eigenvalue weighted by atomic mass is 16.5. The molecular formula is C10H17NO6. The first-order valence-corrected chi connectivity index (χ1v) is 4.99. The van der Waals surface area contributed by atoms with Gasteiger partial charge in [-0.25, -0.2) is 0 Å². The first-order chi connectivity index (χ1) is 7.90. The summed E-state index contributed by atoms with van der Waals surface area (Å²) in [6.45, 7) is 1.26. The molecule has 0 aromatic rings. The Morgan fingerprint density at radius 3 is 1.82 bits per heavy atom. The van der Waals surface area contributed by atoms with Crippen LogP contribution in [0.5, 0.6) is 0 Å². The predicted octanol–water partition coefficient (Wildman–Crippen LogP) is -0.645. The molecule has 0 heterocycles. The number of methoxy groups -OCH3 is 2. The van der Waals surface area contributed by atoms with Crippen molar-refractivity contribution in [1.82, 2.24) is 4.90 Å². The van der Waals surface area contributed by atoms with Crippen LogP contribution in [0.15, 0.2) is 0 Å². The highest BCUT2D eigenvalue weighted by Gasteiger charge is 2.21. The Morgan fingerprint density at radius 2 is 1.53 bits per heavy atom. The summed E-state index contributed by atoms with van der Waals surface area (Å²) in [5, 5.41) is 8.75. The van der Waals surface area contributed by atoms with Crippen LogP contribution in [0.4, 0.5) is 0 Å². The molecule has 7 heteroatoms. The molecule has 0 amide bonds. The van der Waals surface area contributed by atoms with E-state index in [1.165, 1.54) is 26.0 Å². The van der Waals surface area contributed by atoms with Gasteiger partial charge in [0, 0.05) is 6.54 Å². The summed E-state index contributed by atoms with van der Waals surface area (Å²) < 4.78 is 8.92. The fraction of sp³-hybridized carbons (Fsp3) is 0.700. The van der Waals surface area contributed by atoms with E-state index in [1.807, 2.05) is 0 Å². The molecule has 0 aliphatic rings. The number of aliphatic carboxylic acids is 1. The molecule has 98 valence electrons. The summed E-state index contributed by atoms with van der Waals surface area (Å²) >= 11 is 0. The maximum Gasteiger partial charge on any atom is 0.319 e. The fourth-order valence-corrected chi connectivity index (χ4v) is 1.14. The third-order valence-electron chi connectivity index (χ3n) is 2.11. The fourth-order valence-electron chi connectivity index (χ4n) is 1.14. The minimum atomic E-state index is -0.996. The van der Waals surface area contributed by atoms with Gasteiger partial charge in [-0.2, -0.15) is 0 Å². The van der Waals surface area contributed by atoms with Crippen LogP contribution < -0.4 is 0 Å². The van der Waals surface area contributed by atoms with E-state index in [9.17, 15) is 14.4 Å². The summed E-state index contributed by atoms with van der Waals surface area (Å²) in [7, 11) is 2.44. The summed E-state index contributed by atoms with van der Waals surface area (Å²) in [5.41, 5.74) is 0. The number of hydrogen-bond donors (Lipinski definition) is 1. The standard InChI is InChI=1S/C10H17NO6/c1-7(10(14)15)4-11(5-8(12)16-2)6-9(13)17-3/h7H,4-6H2,1-3H3,(H,14,15). The number of esters is 2. The second kappa shape index (κ2) is 7.61. The molecule has 0 aromatic carbocycles. The van der Waals surface area contributed by atoms with Gasteiger partial charge in [-0.05, 0) is 0 Å². The van der Waals surface area contributed by atoms with Crippen molar-refractivity contribution in [1.29, 1.82) is 0 Å². The van der Waals surface area contributed by atoms with Gasteiger partial charge in [0.1, 0.15) is 0 Å². The van der Waals surface area contributed by atoms with Crippen molar-refractivity contribution in [3.05, 3.63) is 0 Å². The Bertz CT molecular complexity index is 273. The third-order valence-corrected chi connectivity index (χ3v) is 2.11. The van der Waals surface area contributed by atoms with E-state index in [2.05, 4.69) is 9.47 Å². The first-order valence-electron chi connectivity index (χ1n) is 4.99. The molecule has 0 aliphatic carbocycles. The zero-order chi connectivity index (χ0) is 13.4. The van der Waals surface area contributed by atoms with Crippen molar-refractivity contribution < 1.29 is 29.0 Å². The average molecular weight is 247 g/mol. The molecular weight excluding hydrogens is 230 g/mol. The first kappa shape index (κ1) is 15.4. The van der Waals surface area contributed by atoms with Gasteiger partial charge in [-0.1, -0.05) is 6.92 Å². The molecule has 0 aliphatic heterocycles. The molecule has 0 saturated carbocycles. The van der Waals surface area contributed by atoms with Crippen molar-refractivity contribution in [2.24, 2.45) is 5.92 Å². The van der Waals surface area contributed by atoms with Crippen molar-refractivity contribution in [3.8, 4) is 0 Å². The highest BCUT2D eigenvalue weighted by molar-refractivity contribution is 5.75. The molecule has 1 atom stereocenters. The number of carboxylic acids is 1. The van der Waals surface area contributed by atoms with Crippen LogP contribution in [-0.4, -0.2) is 61.8 Å². The average Bonchev–Trinajstić information content (AvgIpc) is 2.28. The Balaban J connectivity index is 4.44. The van der Waals surface area contributed by atoms with E-state index in [0.717, 1.165) is 0 Å². The Kier molecular flexibility index (Phi) is 6.88. The Hall–Kier alpha value is -1.63. The van der Waals surface area contributed by atoms with Crippen molar-refractivity contribution in [3.63, 3.8) is 0 Å². The maximum atomic E-state index is 11.1. The molecule has 1 N–H and O–H groups in total. The maximum absolute atomic E-state index is 11.1. The summed E-state index contributed by atoms with van der Waals surface area (Å²) in [4.78, 5) is 34.2. The number of ether oxygens (including phenoxy) is 2. The second-order valence-electron chi connectivity index (χ2n) is 3.56. The molecule has 0 saturated heterocycles. The number of carbonyl (C=O) groups is 3. The lowest BCUT2D eigenvalue weighted by atomic mass is 10.1. The van der Waals surface area contributed by atoms with Crippen LogP contribution in [0.25, 0.3) is 0 Å². The largest absolute Gasteiger partial charge is 0.481 e. The lowest BCUT2D eigenvalue weighted by Crippen LogP contribution is -2.39. The summed E-state index contributed by atoms with van der Waals surface area (Å²) in [6, 6.07) is 0. The van der Waals surface area contributed by atoms with Crippen molar-refractivity contribution in [2.75, 3.05) is 33.9 Å². The quantitative estimate of drug-likeness (QED) is 0.598. The number of carboxylic acid groups (broad SMARTS) is 1. The smallest absolute Gasteiger partial charge is 0.319 e. The molecule has 0 spiro atoms. The molecule has 0 radical (unpaired) electrons. The van der Waals surface area contributed by atoms with E-state index >= 15 is 0 Å². The van der Waals surface area contributed by atoms with Crippen molar-refractivity contribution >= 4 is 17.9 Å². The summed E-state index contributed by atoms with van der Waals surface area (Å²) in [6.07, 6.45) is 0. The Morgan fingerprint density at radius 1 is 1.12 bits per heavy atom. The minimum absolute atomic E-state index is 0.0690. The molecule has 0 fully saturated rings. The van der Waals surface area contributed by atoms with Crippen LogP contribution in [-0.2, 0) is 23.9 Å². The number of nitrogens with zero attached hydrogens (tertiary/aromatic N) is 1. The van der Waals surface area contributed by atoms with Gasteiger partial charge in [0.15, 0.2) is 0 Å². The van der Waals surface area contributed by atoms with Gasteiger partial charge >= 0.3 is 17.9 Å². The van der Waals surface area contributed by atoms with Crippen LogP contribution >= 0.6 is 0 Å². The zero-order valence-corrected chi connectivity index (χ0v) is 10.1. The van der Waals surface area contributed by atoms with Gasteiger partial charge < -0.3 is 14.6 Å². The zero-order valence-electron chi connectivity index (χ0n) is 10.1. The van der Waals surface area contributed by atoms with E-state index in [0.29, 0.717) is 0 Å². The third kappa shape index (κ3) is 6.52. The normalized spacial score (nSPS) is 12.0. The highest BCUT2D eigenvalue weighted by Crippen LogP contribution is 2.01. The molecule has 17 heavy (non-hydrogen) atoms. The van der Waals surface area contributed by atoms with E-state index in [-0.39, 0.29) is 19.6 Å². The summed E-state index contributed by atoms with van der Waals surface area (Å²) in [5.74, 6) is -2.76. The van der Waals surface area contributed by atoms with Gasteiger partial charge in [0.2, 0.25) is 0 Å². The topological polar surface area (TPSA) is 93.1 Å². The van der Waals surface area contributed by atoms with Crippen LogP contribution in [0.2, 0.25) is 0 Å². The van der Waals surface area contributed by atoms with E-state index in [4.69, 9.17) is 5.11 Å². The van der Waals surface area contributed by atoms with Gasteiger partial charge in [0.25, 0.3) is 0 Å². The van der Waals surface area contributed by atoms with Crippen LogP contribution in [0.1, 0.15) is 6.92 Å². The van der Waals surface area contributed by atoms with Gasteiger partial charge in [0.05, 0.1) is 33.2 Å². The Labute approximate surface area is 99.3 Å². The number of rotatable bonds is 7. The predicted molar refractivity (Wildman–Crippen MR) is 57.3 cm³/mol. The van der Waals surface area contributed by atoms with E-state index < -0.39 is 23.8 Å². The number of hydrogen-bond acceptors (Lipinski definition) is 6. The molecule has 0 bridgehead atoms. The van der Waals surface area contributed by atoms with Crippen LogP contribution in [0, 0.1) is 5.92 Å². The SMILES string of the molecule is COC(=O)CN(CC(=O)OC)CC(C)C(=O)O. The lowest BCUT2D eigenvalue weighted by molar-refractivity contribution is -0.149. The van der Waals surface area contributed by atoms with Gasteiger partial charge in [-0.15, -0.1) is 0 Å². The second-order valence-corrected chi connectivity index (χ2v) is 3.56. The molecule has 7 nitrogen and oxygen atoms in total. The number of carbonyl (C=O) groups excluding carboxylic acids is 2. The monoisotopic (exact) mass is 247 g/mol. The molecule has 0 rings (SSSR count). The lowest BCUT2D eigenvalue weighted by Gasteiger charge is -2.21.